The van der Waals surface area contributed by atoms with Crippen LogP contribution in [0.5, 0.6) is 0 Å². The number of hydrogen-bond donors (Lipinski definition) is 0. The van der Waals surface area contributed by atoms with Crippen LogP contribution in [0.15, 0.2) is 229 Å². The SMILES string of the molecule is [2H]c1c([2H])c([2H])c2c([2H])c(-c3cccc4oc5c6ccccc6c(-c6cccc(N(c7ccc(-c8ccccc8)cc7)c7cccc(-c8ccccc8)c7)c6)cc5c34)c([2H])c([2H])c2c1[2H]. The average Bonchev–Trinajstić information content (AvgIpc) is 3.74. The number of fused-ring (bicyclic) bond motifs is 6. The lowest BCUT2D eigenvalue weighted by Gasteiger charge is -2.27. The van der Waals surface area contributed by atoms with E-state index in [-0.39, 0.29) is 34.5 Å². The molecule has 0 aliphatic heterocycles. The molecule has 2 heteroatoms. The van der Waals surface area contributed by atoms with Crippen molar-refractivity contribution in [3.63, 3.8) is 0 Å². The third kappa shape index (κ3) is 5.91. The summed E-state index contributed by atoms with van der Waals surface area (Å²) >= 11 is 0. The van der Waals surface area contributed by atoms with E-state index in [1.54, 1.807) is 12.1 Å². The van der Waals surface area contributed by atoms with E-state index < -0.39 is 24.2 Å². The van der Waals surface area contributed by atoms with Gasteiger partial charge in [0.25, 0.3) is 0 Å². The zero-order chi connectivity index (χ0) is 44.5. The lowest BCUT2D eigenvalue weighted by Crippen LogP contribution is -2.10. The smallest absolute Gasteiger partial charge is 0.143 e. The van der Waals surface area contributed by atoms with Gasteiger partial charge >= 0.3 is 0 Å². The normalized spacial score (nSPS) is 13.1. The second-order valence-electron chi connectivity index (χ2n) is 14.3. The third-order valence-electron chi connectivity index (χ3n) is 10.9. The van der Waals surface area contributed by atoms with Gasteiger partial charge in [-0.3, -0.25) is 0 Å². The predicted molar refractivity (Wildman–Crippen MR) is 245 cm³/mol. The summed E-state index contributed by atoms with van der Waals surface area (Å²) < 4.78 is 68.2. The van der Waals surface area contributed by atoms with Crippen molar-refractivity contribution in [2.45, 2.75) is 0 Å². The summed E-state index contributed by atoms with van der Waals surface area (Å²) in [5.41, 5.74) is 11.0. The molecule has 0 bridgehead atoms. The highest BCUT2D eigenvalue weighted by molar-refractivity contribution is 6.22. The monoisotopic (exact) mass is 746 g/mol. The van der Waals surface area contributed by atoms with Crippen molar-refractivity contribution < 1.29 is 14.0 Å². The first-order valence-electron chi connectivity index (χ1n) is 22.8. The zero-order valence-corrected chi connectivity index (χ0v) is 31.2. The van der Waals surface area contributed by atoms with Crippen molar-refractivity contribution in [1.29, 1.82) is 0 Å². The van der Waals surface area contributed by atoms with Crippen LogP contribution in [-0.2, 0) is 0 Å². The summed E-state index contributed by atoms with van der Waals surface area (Å²) in [4.78, 5) is 2.27. The van der Waals surface area contributed by atoms with Crippen molar-refractivity contribution in [1.82, 2.24) is 0 Å². The minimum Gasteiger partial charge on any atom is -0.455 e. The molecule has 10 aromatic carbocycles. The average molecular weight is 747 g/mol. The van der Waals surface area contributed by atoms with Crippen molar-refractivity contribution in [2.24, 2.45) is 0 Å². The predicted octanol–water partition coefficient (Wildman–Crippen LogP) is 16.0. The van der Waals surface area contributed by atoms with Crippen molar-refractivity contribution >= 4 is 60.5 Å². The Kier molecular flexibility index (Phi) is 6.57. The summed E-state index contributed by atoms with van der Waals surface area (Å²) in [5, 5.41) is 3.01. The van der Waals surface area contributed by atoms with Crippen LogP contribution in [0, 0.1) is 0 Å². The summed E-state index contributed by atoms with van der Waals surface area (Å²) in [6.45, 7) is 0. The Balaban J connectivity index is 1.12. The van der Waals surface area contributed by atoms with Crippen LogP contribution in [0.3, 0.4) is 0 Å². The Morgan fingerprint density at radius 1 is 0.379 bits per heavy atom. The number of nitrogens with zero attached hydrogens (tertiary/aromatic N) is 1. The molecule has 0 fully saturated rings. The van der Waals surface area contributed by atoms with Crippen LogP contribution in [0.4, 0.5) is 17.1 Å². The second kappa shape index (κ2) is 14.1. The molecule has 0 radical (unpaired) electrons. The van der Waals surface area contributed by atoms with Gasteiger partial charge in [0.2, 0.25) is 0 Å². The Hall–Kier alpha value is -7.68. The second-order valence-corrected chi connectivity index (χ2v) is 14.3. The van der Waals surface area contributed by atoms with Crippen molar-refractivity contribution in [2.75, 3.05) is 4.90 Å². The van der Waals surface area contributed by atoms with E-state index in [2.05, 4.69) is 126 Å². The maximum Gasteiger partial charge on any atom is 0.143 e. The Morgan fingerprint density at radius 3 is 1.74 bits per heavy atom. The first-order valence-corrected chi connectivity index (χ1v) is 19.3. The van der Waals surface area contributed by atoms with Crippen LogP contribution < -0.4 is 4.90 Å². The molecule has 58 heavy (non-hydrogen) atoms. The molecule has 0 unspecified atom stereocenters. The number of benzene rings is 10. The third-order valence-corrected chi connectivity index (χ3v) is 10.9. The van der Waals surface area contributed by atoms with E-state index in [9.17, 15) is 2.74 Å². The van der Waals surface area contributed by atoms with E-state index in [0.717, 1.165) is 66.6 Å². The number of rotatable bonds is 7. The van der Waals surface area contributed by atoms with Gasteiger partial charge in [-0.1, -0.05) is 170 Å². The van der Waals surface area contributed by atoms with Crippen molar-refractivity contribution in [3.8, 4) is 44.5 Å². The highest BCUT2D eigenvalue weighted by Crippen LogP contribution is 2.45. The minimum absolute atomic E-state index is 0.0895. The van der Waals surface area contributed by atoms with E-state index in [4.69, 9.17) is 11.3 Å². The number of furan rings is 1. The van der Waals surface area contributed by atoms with Crippen LogP contribution in [-0.4, -0.2) is 0 Å². The molecule has 1 heterocycles. The van der Waals surface area contributed by atoms with Gasteiger partial charge in [0.15, 0.2) is 0 Å². The Morgan fingerprint density at radius 2 is 0.983 bits per heavy atom. The fourth-order valence-electron chi connectivity index (χ4n) is 8.16. The molecule has 1 aromatic heterocycles. The maximum absolute atomic E-state index is 9.40. The van der Waals surface area contributed by atoms with E-state index in [0.29, 0.717) is 22.1 Å². The zero-order valence-electron chi connectivity index (χ0n) is 38.2. The molecule has 0 spiro atoms. The van der Waals surface area contributed by atoms with Gasteiger partial charge in [0.05, 0.1) is 9.60 Å². The molecule has 2 nitrogen and oxygen atoms in total. The highest BCUT2D eigenvalue weighted by atomic mass is 16.3. The molecular weight excluding hydrogens is 703 g/mol. The van der Waals surface area contributed by atoms with E-state index in [1.807, 2.05) is 48.5 Å². The molecular formula is C56H37NO. The fraction of sp³-hybridized carbons (Fsp3) is 0. The molecule has 0 aliphatic rings. The van der Waals surface area contributed by atoms with Gasteiger partial charge in [-0.25, -0.2) is 0 Å². The van der Waals surface area contributed by atoms with Gasteiger partial charge in [-0.2, -0.15) is 0 Å². The fourth-order valence-corrected chi connectivity index (χ4v) is 8.16. The topological polar surface area (TPSA) is 16.4 Å². The molecule has 11 aromatic rings. The quantitative estimate of drug-likeness (QED) is 0.161. The molecule has 11 rings (SSSR count). The molecule has 0 saturated heterocycles. The first kappa shape index (κ1) is 27.0. The van der Waals surface area contributed by atoms with Crippen molar-refractivity contribution in [3.05, 3.63) is 224 Å². The minimum atomic E-state index is -0.501. The largest absolute Gasteiger partial charge is 0.455 e. The molecule has 0 amide bonds. The highest BCUT2D eigenvalue weighted by Gasteiger charge is 2.20. The first-order chi connectivity index (χ1) is 31.7. The molecule has 0 aliphatic carbocycles. The van der Waals surface area contributed by atoms with Gasteiger partial charge in [0, 0.05) is 33.2 Å². The van der Waals surface area contributed by atoms with Crippen LogP contribution in [0.2, 0.25) is 0 Å². The molecule has 0 N–H and O–H groups in total. The summed E-state index contributed by atoms with van der Waals surface area (Å²) in [5.74, 6) is 0. The number of hydrogen-bond acceptors (Lipinski definition) is 2. The molecule has 0 saturated carbocycles. The Labute approximate surface area is 347 Å². The molecule has 272 valence electrons. The molecule has 0 atom stereocenters. The summed E-state index contributed by atoms with van der Waals surface area (Å²) in [7, 11) is 0. The van der Waals surface area contributed by atoms with Gasteiger partial charge < -0.3 is 9.32 Å². The standard InChI is InChI=1S/C56H37NO/c1-3-14-38(15-4-1)41-30-32-46(33-31-41)57(47-22-11-20-43(35-47)39-16-5-2-6-17-39)48-23-12-21-44(36-48)52-37-53-55-49(45-29-28-40-18-7-8-19-42(40)34-45)26-13-27-54(55)58-56(53)51-25-10-9-24-50(51)52/h1-37H/i7D,8D,18D,19D,28D,29D,34D. The lowest BCUT2D eigenvalue weighted by molar-refractivity contribution is 0.673. The number of anilines is 3. The van der Waals surface area contributed by atoms with Crippen LogP contribution in [0.1, 0.15) is 9.60 Å². The maximum atomic E-state index is 9.40. The lowest BCUT2D eigenvalue weighted by atomic mass is 9.92. The van der Waals surface area contributed by atoms with Crippen LogP contribution >= 0.6 is 0 Å². The van der Waals surface area contributed by atoms with Gasteiger partial charge in [-0.15, -0.1) is 0 Å². The van der Waals surface area contributed by atoms with Gasteiger partial charge in [0.1, 0.15) is 11.2 Å². The van der Waals surface area contributed by atoms with E-state index in [1.165, 1.54) is 0 Å². The summed E-state index contributed by atoms with van der Waals surface area (Å²) in [6, 6.07) is 59.3. The van der Waals surface area contributed by atoms with E-state index >= 15 is 0 Å². The van der Waals surface area contributed by atoms with Crippen LogP contribution in [0.25, 0.3) is 88.0 Å². The Bertz CT molecular complexity index is 3680. The van der Waals surface area contributed by atoms with Gasteiger partial charge in [-0.05, 0) is 115 Å². The summed E-state index contributed by atoms with van der Waals surface area (Å²) in [6.07, 6.45) is 0.